The Morgan fingerprint density at radius 2 is 1.89 bits per heavy atom. The zero-order valence-corrected chi connectivity index (χ0v) is 21.1. The summed E-state index contributed by atoms with van der Waals surface area (Å²) in [6, 6.07) is 10.2. The van der Waals surface area contributed by atoms with Gasteiger partial charge in [0.05, 0.1) is 11.3 Å². The summed E-state index contributed by atoms with van der Waals surface area (Å²) in [5.41, 5.74) is 2.05. The maximum Gasteiger partial charge on any atom is 0.417 e. The SMILES string of the molecule is CCSc1cc(-c2ccc(C3CC3)cc2)cnc1C(=O)NC1=C(NC)N(CC)C(O)C(C(F)(F)F)=C1. The van der Waals surface area contributed by atoms with Crippen LogP contribution in [-0.4, -0.2) is 52.6 Å². The molecule has 3 N–H and O–H groups in total. The van der Waals surface area contributed by atoms with Gasteiger partial charge in [-0.3, -0.25) is 4.79 Å². The van der Waals surface area contributed by atoms with Crippen LogP contribution in [0.15, 0.2) is 64.6 Å². The third kappa shape index (κ3) is 5.39. The van der Waals surface area contributed by atoms with Crippen LogP contribution < -0.4 is 10.6 Å². The van der Waals surface area contributed by atoms with Gasteiger partial charge in [0.1, 0.15) is 11.5 Å². The number of carbonyl (C=O) groups is 1. The van der Waals surface area contributed by atoms with Gasteiger partial charge in [-0.25, -0.2) is 4.98 Å². The van der Waals surface area contributed by atoms with Crippen molar-refractivity contribution in [2.45, 2.75) is 49.9 Å². The van der Waals surface area contributed by atoms with Crippen LogP contribution in [0.4, 0.5) is 13.2 Å². The Morgan fingerprint density at radius 3 is 2.44 bits per heavy atom. The van der Waals surface area contributed by atoms with E-state index in [4.69, 9.17) is 0 Å². The van der Waals surface area contributed by atoms with Crippen LogP contribution in [0.3, 0.4) is 0 Å². The first-order valence-corrected chi connectivity index (χ1v) is 12.9. The van der Waals surface area contributed by atoms with E-state index in [1.54, 1.807) is 13.1 Å². The number of nitrogens with zero attached hydrogens (tertiary/aromatic N) is 2. The summed E-state index contributed by atoms with van der Waals surface area (Å²) >= 11 is 1.44. The number of amides is 1. The quantitative estimate of drug-likeness (QED) is 0.427. The molecule has 2 aliphatic rings. The summed E-state index contributed by atoms with van der Waals surface area (Å²) in [4.78, 5) is 19.4. The lowest BCUT2D eigenvalue weighted by atomic mass is 10.0. The van der Waals surface area contributed by atoms with Gasteiger partial charge in [-0.1, -0.05) is 31.2 Å². The zero-order chi connectivity index (χ0) is 26.0. The molecule has 2 aromatic rings. The van der Waals surface area contributed by atoms with E-state index in [2.05, 4.69) is 27.8 Å². The zero-order valence-electron chi connectivity index (χ0n) is 20.3. The summed E-state index contributed by atoms with van der Waals surface area (Å²) in [6.07, 6.45) is -1.82. The number of nitrogens with one attached hydrogen (secondary N) is 2. The van der Waals surface area contributed by atoms with Gasteiger partial charge in [0.15, 0.2) is 6.23 Å². The van der Waals surface area contributed by atoms with Gasteiger partial charge in [-0.05, 0) is 54.7 Å². The number of aliphatic hydroxyl groups excluding tert-OH is 1. The van der Waals surface area contributed by atoms with Crippen molar-refractivity contribution in [2.24, 2.45) is 0 Å². The summed E-state index contributed by atoms with van der Waals surface area (Å²) in [7, 11) is 1.52. The second-order valence-electron chi connectivity index (χ2n) is 8.62. The van der Waals surface area contributed by atoms with Crippen molar-refractivity contribution in [3.8, 4) is 11.1 Å². The molecule has 1 atom stereocenters. The topological polar surface area (TPSA) is 77.5 Å². The normalized spacial score (nSPS) is 18.2. The first kappa shape index (κ1) is 26.1. The number of hydrogen-bond acceptors (Lipinski definition) is 6. The number of thioether (sulfide) groups is 1. The fraction of sp³-hybridized carbons (Fsp3) is 0.385. The van der Waals surface area contributed by atoms with E-state index in [-0.39, 0.29) is 23.8 Å². The van der Waals surface area contributed by atoms with Crippen molar-refractivity contribution >= 4 is 17.7 Å². The van der Waals surface area contributed by atoms with E-state index in [1.807, 2.05) is 25.1 Å². The minimum atomic E-state index is -4.76. The average Bonchev–Trinajstić information content (AvgIpc) is 3.69. The maximum atomic E-state index is 13.6. The Morgan fingerprint density at radius 1 is 1.19 bits per heavy atom. The third-order valence-corrected chi connectivity index (χ3v) is 7.14. The van der Waals surface area contributed by atoms with Gasteiger partial charge >= 0.3 is 6.18 Å². The molecule has 0 spiro atoms. The molecule has 2 heterocycles. The Balaban J connectivity index is 1.65. The van der Waals surface area contributed by atoms with Crippen molar-refractivity contribution in [1.82, 2.24) is 20.5 Å². The van der Waals surface area contributed by atoms with E-state index >= 15 is 0 Å². The molecular formula is C26H29F3N4O2S. The van der Waals surface area contributed by atoms with Gasteiger partial charge in [0, 0.05) is 30.2 Å². The van der Waals surface area contributed by atoms with Crippen LogP contribution in [0.2, 0.25) is 0 Å². The average molecular weight is 519 g/mol. The van der Waals surface area contributed by atoms with Gasteiger partial charge in [-0.15, -0.1) is 11.8 Å². The molecule has 192 valence electrons. The first-order chi connectivity index (χ1) is 17.2. The number of alkyl halides is 3. The highest BCUT2D eigenvalue weighted by atomic mass is 32.2. The number of rotatable bonds is 8. The highest BCUT2D eigenvalue weighted by Crippen LogP contribution is 2.40. The molecule has 36 heavy (non-hydrogen) atoms. The van der Waals surface area contributed by atoms with E-state index in [9.17, 15) is 23.1 Å². The molecule has 0 saturated heterocycles. The molecular weight excluding hydrogens is 489 g/mol. The smallest absolute Gasteiger partial charge is 0.373 e. The van der Waals surface area contributed by atoms with E-state index in [0.29, 0.717) is 16.6 Å². The van der Waals surface area contributed by atoms with Crippen molar-refractivity contribution in [3.05, 3.63) is 71.0 Å². The minimum absolute atomic E-state index is 0.0871. The van der Waals surface area contributed by atoms with Crippen molar-refractivity contribution in [2.75, 3.05) is 19.3 Å². The van der Waals surface area contributed by atoms with Crippen LogP contribution >= 0.6 is 11.8 Å². The molecule has 1 fully saturated rings. The molecule has 4 rings (SSSR count). The Bertz CT molecular complexity index is 1190. The number of likely N-dealkylation sites (N-methyl/N-ethyl adjacent to an activating group) is 1. The van der Waals surface area contributed by atoms with Crippen molar-refractivity contribution in [3.63, 3.8) is 0 Å². The van der Waals surface area contributed by atoms with Crippen LogP contribution in [0.25, 0.3) is 11.1 Å². The number of allylic oxidation sites excluding steroid dienone is 1. The minimum Gasteiger partial charge on any atom is -0.373 e. The van der Waals surface area contributed by atoms with Crippen LogP contribution in [0.1, 0.15) is 48.7 Å². The predicted octanol–water partition coefficient (Wildman–Crippen LogP) is 5.00. The van der Waals surface area contributed by atoms with Crippen LogP contribution in [0, 0.1) is 0 Å². The molecule has 1 aromatic carbocycles. The Kier molecular flexibility index (Phi) is 7.65. The molecule has 0 radical (unpaired) electrons. The number of pyridine rings is 1. The first-order valence-electron chi connectivity index (χ1n) is 11.9. The van der Waals surface area contributed by atoms with Crippen molar-refractivity contribution < 1.29 is 23.1 Å². The summed E-state index contributed by atoms with van der Waals surface area (Å²) in [5, 5.41) is 15.6. The molecule has 0 bridgehead atoms. The number of carbonyl (C=O) groups excluding carboxylic acids is 1. The molecule has 10 heteroatoms. The highest BCUT2D eigenvalue weighted by molar-refractivity contribution is 7.99. The van der Waals surface area contributed by atoms with Crippen molar-refractivity contribution in [1.29, 1.82) is 0 Å². The monoisotopic (exact) mass is 518 g/mol. The standard InChI is InChI=1S/C26H29F3N4O2S/c1-4-33-23(30-3)20(13-19(25(33)35)26(27,28)29)32-24(34)22-21(36-5-2)12-18(14-31-22)17-10-8-16(9-11-17)15-6-7-15/h8-15,25,30,35H,4-7H2,1-3H3,(H,32,34). The fourth-order valence-electron chi connectivity index (χ4n) is 4.26. The third-order valence-electron chi connectivity index (χ3n) is 6.23. The maximum absolute atomic E-state index is 13.6. The lowest BCUT2D eigenvalue weighted by Gasteiger charge is -2.37. The fourth-order valence-corrected chi connectivity index (χ4v) is 5.06. The Hall–Kier alpha value is -2.98. The van der Waals surface area contributed by atoms with Crippen LogP contribution in [-0.2, 0) is 0 Å². The number of hydrogen-bond donors (Lipinski definition) is 3. The van der Waals surface area contributed by atoms with E-state index in [1.165, 1.54) is 37.2 Å². The molecule has 1 aliphatic carbocycles. The molecule has 1 unspecified atom stereocenters. The largest absolute Gasteiger partial charge is 0.417 e. The molecule has 1 aromatic heterocycles. The summed E-state index contributed by atoms with van der Waals surface area (Å²) in [5.74, 6) is 0.894. The Labute approximate surface area is 212 Å². The molecule has 6 nitrogen and oxygen atoms in total. The number of benzene rings is 1. The molecule has 1 saturated carbocycles. The van der Waals surface area contributed by atoms with Gasteiger partial charge < -0.3 is 20.6 Å². The van der Waals surface area contributed by atoms with Gasteiger partial charge in [-0.2, -0.15) is 13.2 Å². The van der Waals surface area contributed by atoms with E-state index in [0.717, 1.165) is 22.1 Å². The van der Waals surface area contributed by atoms with Crippen LogP contribution in [0.5, 0.6) is 0 Å². The number of aromatic nitrogens is 1. The number of halogens is 3. The van der Waals surface area contributed by atoms with Gasteiger partial charge in [0.25, 0.3) is 5.91 Å². The summed E-state index contributed by atoms with van der Waals surface area (Å²) < 4.78 is 40.7. The summed E-state index contributed by atoms with van der Waals surface area (Å²) in [6.45, 7) is 3.66. The lowest BCUT2D eigenvalue weighted by molar-refractivity contribution is -0.119. The number of aliphatic hydroxyl groups is 1. The second-order valence-corrected chi connectivity index (χ2v) is 9.93. The molecule has 1 amide bonds. The lowest BCUT2D eigenvalue weighted by Crippen LogP contribution is -2.47. The molecule has 1 aliphatic heterocycles. The highest BCUT2D eigenvalue weighted by Gasteiger charge is 2.43. The predicted molar refractivity (Wildman–Crippen MR) is 134 cm³/mol. The van der Waals surface area contributed by atoms with Gasteiger partial charge in [0.2, 0.25) is 0 Å². The second kappa shape index (κ2) is 10.6. The van der Waals surface area contributed by atoms with E-state index < -0.39 is 23.9 Å².